The fraction of sp³-hybridized carbons (Fsp3) is 0.476. The number of ether oxygens (including phenoxy) is 1. The summed E-state index contributed by atoms with van der Waals surface area (Å²) >= 11 is 0. The molecule has 3 aromatic heterocycles. The Hall–Kier alpha value is -2.47. The molecule has 2 atom stereocenters. The monoisotopic (exact) mass is 365 g/mol. The molecule has 0 bridgehead atoms. The maximum atomic E-state index is 5.37. The fourth-order valence-corrected chi connectivity index (χ4v) is 4.11. The zero-order valence-electron chi connectivity index (χ0n) is 16.5. The number of piperidine rings is 1. The number of aromatic nitrogens is 4. The predicted molar refractivity (Wildman–Crippen MR) is 106 cm³/mol. The van der Waals surface area contributed by atoms with Crippen LogP contribution in [-0.2, 0) is 0 Å². The second-order valence-electron chi connectivity index (χ2n) is 7.56. The van der Waals surface area contributed by atoms with Crippen molar-refractivity contribution in [3.63, 3.8) is 0 Å². The summed E-state index contributed by atoms with van der Waals surface area (Å²) in [5.41, 5.74) is 5.38. The molecular formula is C21H27N5O. The minimum atomic E-state index is 0.318. The van der Waals surface area contributed by atoms with Gasteiger partial charge >= 0.3 is 0 Å². The Labute approximate surface area is 160 Å². The third kappa shape index (κ3) is 3.67. The minimum Gasteiger partial charge on any atom is -0.481 e. The molecule has 6 heteroatoms. The number of fused-ring (bicyclic) bond motifs is 1. The number of rotatable bonds is 4. The van der Waals surface area contributed by atoms with Gasteiger partial charge in [-0.1, -0.05) is 0 Å². The van der Waals surface area contributed by atoms with E-state index in [0.717, 1.165) is 35.8 Å². The third-order valence-corrected chi connectivity index (χ3v) is 5.59. The Balaban J connectivity index is 1.55. The van der Waals surface area contributed by atoms with E-state index in [2.05, 4.69) is 50.0 Å². The molecule has 3 aromatic rings. The van der Waals surface area contributed by atoms with Gasteiger partial charge in [-0.25, -0.2) is 15.0 Å². The quantitative estimate of drug-likeness (QED) is 0.759. The molecule has 0 radical (unpaired) electrons. The Morgan fingerprint density at radius 1 is 1.22 bits per heavy atom. The molecule has 0 amide bonds. The lowest BCUT2D eigenvalue weighted by Crippen LogP contribution is -2.36. The van der Waals surface area contributed by atoms with Crippen LogP contribution in [-0.4, -0.2) is 45.0 Å². The molecule has 1 saturated heterocycles. The summed E-state index contributed by atoms with van der Waals surface area (Å²) < 4.78 is 5.37. The predicted octanol–water partition coefficient (Wildman–Crippen LogP) is 3.92. The van der Waals surface area contributed by atoms with Crippen LogP contribution in [0.1, 0.15) is 54.4 Å². The van der Waals surface area contributed by atoms with Crippen LogP contribution in [0.5, 0.6) is 5.88 Å². The van der Waals surface area contributed by atoms with Crippen LogP contribution >= 0.6 is 0 Å². The van der Waals surface area contributed by atoms with E-state index >= 15 is 0 Å². The van der Waals surface area contributed by atoms with Crippen LogP contribution in [0.25, 0.3) is 11.2 Å². The van der Waals surface area contributed by atoms with Crippen LogP contribution < -0.4 is 4.74 Å². The zero-order valence-corrected chi connectivity index (χ0v) is 16.5. The van der Waals surface area contributed by atoms with Crippen molar-refractivity contribution < 1.29 is 4.74 Å². The van der Waals surface area contributed by atoms with Crippen molar-refractivity contribution in [1.29, 1.82) is 0 Å². The van der Waals surface area contributed by atoms with Gasteiger partial charge in [-0.2, -0.15) is 0 Å². The van der Waals surface area contributed by atoms with Gasteiger partial charge in [0.1, 0.15) is 5.82 Å². The van der Waals surface area contributed by atoms with Gasteiger partial charge in [0.25, 0.3) is 0 Å². The SMILES string of the molecule is COc1cc(C2CCCN(C(C)c3cnc4nc(C)[nH]c4c3)C2)cc(C)n1. The van der Waals surface area contributed by atoms with Gasteiger partial charge in [-0.05, 0) is 69.3 Å². The molecule has 4 rings (SSSR count). The van der Waals surface area contributed by atoms with Crippen molar-refractivity contribution in [2.75, 3.05) is 20.2 Å². The molecule has 1 aliphatic rings. The molecule has 1 N–H and O–H groups in total. The summed E-state index contributed by atoms with van der Waals surface area (Å²) in [5.74, 6) is 2.12. The number of nitrogens with zero attached hydrogens (tertiary/aromatic N) is 4. The van der Waals surface area contributed by atoms with E-state index in [9.17, 15) is 0 Å². The summed E-state index contributed by atoms with van der Waals surface area (Å²) in [4.78, 5) is 19.2. The van der Waals surface area contributed by atoms with Gasteiger partial charge in [0, 0.05) is 30.5 Å². The van der Waals surface area contributed by atoms with Crippen LogP contribution in [0.15, 0.2) is 24.4 Å². The number of H-pyrrole nitrogens is 1. The maximum Gasteiger partial charge on any atom is 0.213 e. The van der Waals surface area contributed by atoms with E-state index < -0.39 is 0 Å². The highest BCUT2D eigenvalue weighted by atomic mass is 16.5. The Morgan fingerprint density at radius 2 is 2.07 bits per heavy atom. The van der Waals surface area contributed by atoms with Gasteiger partial charge in [-0.3, -0.25) is 4.90 Å². The largest absolute Gasteiger partial charge is 0.481 e. The van der Waals surface area contributed by atoms with Gasteiger partial charge in [-0.15, -0.1) is 0 Å². The highest BCUT2D eigenvalue weighted by Gasteiger charge is 2.26. The van der Waals surface area contributed by atoms with Crippen molar-refractivity contribution >= 4 is 11.2 Å². The molecular weight excluding hydrogens is 338 g/mol. The molecule has 6 nitrogen and oxygen atoms in total. The lowest BCUT2D eigenvalue weighted by atomic mass is 9.89. The fourth-order valence-electron chi connectivity index (χ4n) is 4.11. The van der Waals surface area contributed by atoms with Crippen molar-refractivity contribution in [3.8, 4) is 5.88 Å². The van der Waals surface area contributed by atoms with Gasteiger partial charge in [0.2, 0.25) is 5.88 Å². The molecule has 1 fully saturated rings. The van der Waals surface area contributed by atoms with E-state index in [1.807, 2.05) is 20.0 Å². The molecule has 2 unspecified atom stereocenters. The highest BCUT2D eigenvalue weighted by Crippen LogP contribution is 2.33. The van der Waals surface area contributed by atoms with Gasteiger partial charge in [0.05, 0.1) is 12.6 Å². The Kier molecular flexibility index (Phi) is 4.83. The number of aryl methyl sites for hydroxylation is 2. The highest BCUT2D eigenvalue weighted by molar-refractivity contribution is 5.71. The number of pyridine rings is 2. The summed E-state index contributed by atoms with van der Waals surface area (Å²) in [5, 5.41) is 0. The smallest absolute Gasteiger partial charge is 0.213 e. The van der Waals surface area contributed by atoms with Crippen LogP contribution in [0, 0.1) is 13.8 Å². The Bertz CT molecular complexity index is 951. The summed E-state index contributed by atoms with van der Waals surface area (Å²) in [7, 11) is 1.68. The zero-order chi connectivity index (χ0) is 19.0. The lowest BCUT2D eigenvalue weighted by Gasteiger charge is -2.37. The average Bonchev–Trinajstić information content (AvgIpc) is 3.06. The molecule has 4 heterocycles. The first-order valence-electron chi connectivity index (χ1n) is 9.62. The summed E-state index contributed by atoms with van der Waals surface area (Å²) in [6, 6.07) is 6.80. The first-order chi connectivity index (χ1) is 13.0. The van der Waals surface area contributed by atoms with E-state index in [-0.39, 0.29) is 0 Å². The third-order valence-electron chi connectivity index (χ3n) is 5.59. The number of hydrogen-bond acceptors (Lipinski definition) is 5. The first kappa shape index (κ1) is 17.9. The van der Waals surface area contributed by atoms with Crippen LogP contribution in [0.4, 0.5) is 0 Å². The normalized spacial score (nSPS) is 19.3. The van der Waals surface area contributed by atoms with Crippen LogP contribution in [0.2, 0.25) is 0 Å². The molecule has 0 aliphatic carbocycles. The molecule has 0 aromatic carbocycles. The number of likely N-dealkylation sites (tertiary alicyclic amines) is 1. The number of hydrogen-bond donors (Lipinski definition) is 1. The molecule has 0 spiro atoms. The maximum absolute atomic E-state index is 5.37. The van der Waals surface area contributed by atoms with E-state index in [4.69, 9.17) is 4.74 Å². The first-order valence-corrected chi connectivity index (χ1v) is 9.62. The van der Waals surface area contributed by atoms with E-state index in [1.54, 1.807) is 7.11 Å². The van der Waals surface area contributed by atoms with Crippen molar-refractivity contribution in [1.82, 2.24) is 24.8 Å². The number of nitrogens with one attached hydrogen (secondary N) is 1. The van der Waals surface area contributed by atoms with Crippen molar-refractivity contribution in [2.45, 2.75) is 45.6 Å². The van der Waals surface area contributed by atoms with Gasteiger partial charge < -0.3 is 9.72 Å². The number of methoxy groups -OCH3 is 1. The molecule has 27 heavy (non-hydrogen) atoms. The van der Waals surface area contributed by atoms with E-state index in [0.29, 0.717) is 17.8 Å². The standard InChI is InChI=1S/C21H27N5O/c1-13-8-17(10-20(23-13)27-4)16-6-5-7-26(12-16)14(2)18-9-19-21(22-11-18)25-15(3)24-19/h8-11,14,16H,5-7,12H2,1-4H3,(H,22,24,25). The van der Waals surface area contributed by atoms with Gasteiger partial charge in [0.15, 0.2) is 5.65 Å². The average molecular weight is 365 g/mol. The number of imidazole rings is 1. The Morgan fingerprint density at radius 3 is 2.89 bits per heavy atom. The second-order valence-corrected chi connectivity index (χ2v) is 7.56. The molecule has 1 aliphatic heterocycles. The summed E-state index contributed by atoms with van der Waals surface area (Å²) in [6.07, 6.45) is 4.36. The molecule has 0 saturated carbocycles. The molecule has 142 valence electrons. The van der Waals surface area contributed by atoms with Crippen LogP contribution in [0.3, 0.4) is 0 Å². The topological polar surface area (TPSA) is 66.9 Å². The number of aromatic amines is 1. The second kappa shape index (κ2) is 7.27. The van der Waals surface area contributed by atoms with Crippen molar-refractivity contribution in [3.05, 3.63) is 47.0 Å². The van der Waals surface area contributed by atoms with Crippen molar-refractivity contribution in [2.24, 2.45) is 0 Å². The van der Waals surface area contributed by atoms with E-state index in [1.165, 1.54) is 24.0 Å². The summed E-state index contributed by atoms with van der Waals surface area (Å²) in [6.45, 7) is 8.41. The lowest BCUT2D eigenvalue weighted by molar-refractivity contribution is 0.158. The minimum absolute atomic E-state index is 0.318.